The van der Waals surface area contributed by atoms with Gasteiger partial charge in [0, 0.05) is 0 Å². The highest BCUT2D eigenvalue weighted by Crippen LogP contribution is 2.35. The van der Waals surface area contributed by atoms with Crippen molar-refractivity contribution in [2.75, 3.05) is 4.72 Å². The van der Waals surface area contributed by atoms with Crippen LogP contribution in [-0.4, -0.2) is 24.7 Å². The predicted molar refractivity (Wildman–Crippen MR) is 110 cm³/mol. The van der Waals surface area contributed by atoms with Crippen molar-refractivity contribution in [2.45, 2.75) is 19.1 Å². The zero-order valence-corrected chi connectivity index (χ0v) is 16.5. The number of thiophene rings is 1. The monoisotopic (exact) mass is 401 g/mol. The van der Waals surface area contributed by atoms with Crippen molar-refractivity contribution >= 4 is 33.0 Å². The van der Waals surface area contributed by atoms with E-state index in [1.165, 1.54) is 11.3 Å². The molecule has 0 aliphatic rings. The van der Waals surface area contributed by atoms with Gasteiger partial charge >= 0.3 is 5.97 Å². The third kappa shape index (κ3) is 4.20. The average molecular weight is 402 g/mol. The van der Waals surface area contributed by atoms with E-state index in [1.807, 2.05) is 35.7 Å². The second kappa shape index (κ2) is 7.54. The normalized spacial score (nSPS) is 11.5. The first-order valence-electron chi connectivity index (χ1n) is 8.31. The van der Waals surface area contributed by atoms with Gasteiger partial charge in [-0.3, -0.25) is 4.72 Å². The van der Waals surface area contributed by atoms with E-state index in [4.69, 9.17) is 5.11 Å². The molecule has 1 heterocycles. The Morgan fingerprint density at radius 2 is 1.67 bits per heavy atom. The van der Waals surface area contributed by atoms with Crippen LogP contribution in [0.15, 0.2) is 60.0 Å². The van der Waals surface area contributed by atoms with Crippen molar-refractivity contribution in [1.82, 2.24) is 0 Å². The molecule has 140 valence electrons. The molecule has 0 aliphatic heterocycles. The standard InChI is InChI=1S/C20H19NO4S2/c1-13(2)27(24,25)21-18-10-11-26-19(18)15-8-6-14(7-9-15)16-4-3-5-17(12-16)20(22)23/h3-13,21H,1-2H3,(H,22,23). The number of nitrogens with one attached hydrogen (secondary N) is 1. The number of carboxylic acids is 1. The molecule has 0 amide bonds. The molecule has 3 aromatic rings. The summed E-state index contributed by atoms with van der Waals surface area (Å²) in [5, 5.41) is 10.5. The second-order valence-electron chi connectivity index (χ2n) is 6.32. The summed E-state index contributed by atoms with van der Waals surface area (Å²) in [5.41, 5.74) is 3.40. The van der Waals surface area contributed by atoms with E-state index in [0.717, 1.165) is 21.6 Å². The minimum Gasteiger partial charge on any atom is -0.478 e. The molecule has 3 rings (SSSR count). The molecule has 0 atom stereocenters. The Kier molecular flexibility index (Phi) is 5.34. The van der Waals surface area contributed by atoms with Gasteiger partial charge < -0.3 is 5.11 Å². The van der Waals surface area contributed by atoms with E-state index in [-0.39, 0.29) is 5.56 Å². The number of sulfonamides is 1. The lowest BCUT2D eigenvalue weighted by Gasteiger charge is -2.12. The van der Waals surface area contributed by atoms with E-state index in [2.05, 4.69) is 4.72 Å². The van der Waals surface area contributed by atoms with E-state index in [0.29, 0.717) is 5.69 Å². The van der Waals surface area contributed by atoms with Crippen LogP contribution in [0.5, 0.6) is 0 Å². The van der Waals surface area contributed by atoms with Crippen LogP contribution < -0.4 is 4.72 Å². The van der Waals surface area contributed by atoms with Crippen molar-refractivity contribution in [3.8, 4) is 21.6 Å². The van der Waals surface area contributed by atoms with Crippen LogP contribution in [0.4, 0.5) is 5.69 Å². The molecule has 1 aromatic heterocycles. The second-order valence-corrected chi connectivity index (χ2v) is 9.48. The fraction of sp³-hybridized carbons (Fsp3) is 0.150. The van der Waals surface area contributed by atoms with Crippen molar-refractivity contribution in [2.24, 2.45) is 0 Å². The Labute approximate surface area is 162 Å². The number of hydrogen-bond donors (Lipinski definition) is 2. The van der Waals surface area contributed by atoms with E-state index >= 15 is 0 Å². The third-order valence-electron chi connectivity index (χ3n) is 4.13. The minimum absolute atomic E-state index is 0.236. The first-order chi connectivity index (χ1) is 12.8. The van der Waals surface area contributed by atoms with Crippen LogP contribution in [0.25, 0.3) is 21.6 Å². The highest BCUT2D eigenvalue weighted by molar-refractivity contribution is 7.93. The van der Waals surface area contributed by atoms with Gasteiger partial charge in [-0.15, -0.1) is 11.3 Å². The minimum atomic E-state index is -3.41. The number of anilines is 1. The molecule has 0 unspecified atom stereocenters. The molecule has 0 radical (unpaired) electrons. The molecule has 2 aromatic carbocycles. The first-order valence-corrected chi connectivity index (χ1v) is 10.7. The molecule has 7 heteroatoms. The van der Waals surface area contributed by atoms with Crippen molar-refractivity contribution in [3.05, 3.63) is 65.5 Å². The summed E-state index contributed by atoms with van der Waals surface area (Å²) >= 11 is 1.46. The third-order valence-corrected chi connectivity index (χ3v) is 6.84. The van der Waals surface area contributed by atoms with Gasteiger partial charge in [0.15, 0.2) is 0 Å². The maximum Gasteiger partial charge on any atom is 0.335 e. The van der Waals surface area contributed by atoms with Gasteiger partial charge in [-0.05, 0) is 54.1 Å². The fourth-order valence-electron chi connectivity index (χ4n) is 2.53. The van der Waals surface area contributed by atoms with Gasteiger partial charge in [0.2, 0.25) is 10.0 Å². The highest BCUT2D eigenvalue weighted by Gasteiger charge is 2.18. The summed E-state index contributed by atoms with van der Waals surface area (Å²) < 4.78 is 27.0. The summed E-state index contributed by atoms with van der Waals surface area (Å²) in [6.45, 7) is 3.27. The molecule has 2 N–H and O–H groups in total. The maximum atomic E-state index is 12.2. The smallest absolute Gasteiger partial charge is 0.335 e. The zero-order chi connectivity index (χ0) is 19.6. The lowest BCUT2D eigenvalue weighted by atomic mass is 10.0. The summed E-state index contributed by atoms with van der Waals surface area (Å²) in [6, 6.07) is 16.1. The SMILES string of the molecule is CC(C)S(=O)(=O)Nc1ccsc1-c1ccc(-c2cccc(C(=O)O)c2)cc1. The lowest BCUT2D eigenvalue weighted by molar-refractivity contribution is 0.0697. The summed E-state index contributed by atoms with van der Waals surface area (Å²) in [6.07, 6.45) is 0. The Morgan fingerprint density at radius 1 is 1.00 bits per heavy atom. The molecule has 0 aliphatic carbocycles. The van der Waals surface area contributed by atoms with Crippen molar-refractivity contribution in [1.29, 1.82) is 0 Å². The molecule has 0 bridgehead atoms. The van der Waals surface area contributed by atoms with Crippen LogP contribution in [0.1, 0.15) is 24.2 Å². The fourth-order valence-corrected chi connectivity index (χ4v) is 4.17. The summed E-state index contributed by atoms with van der Waals surface area (Å²) in [7, 11) is -3.41. The van der Waals surface area contributed by atoms with Crippen molar-refractivity contribution in [3.63, 3.8) is 0 Å². The Balaban J connectivity index is 1.90. The summed E-state index contributed by atoms with van der Waals surface area (Å²) in [5.74, 6) is -0.964. The molecular formula is C20H19NO4S2. The Hall–Kier alpha value is -2.64. The van der Waals surface area contributed by atoms with Crippen LogP contribution in [0, 0.1) is 0 Å². The maximum absolute atomic E-state index is 12.2. The topological polar surface area (TPSA) is 83.5 Å². The average Bonchev–Trinajstić information content (AvgIpc) is 3.09. The molecular weight excluding hydrogens is 382 g/mol. The number of hydrogen-bond acceptors (Lipinski definition) is 4. The van der Waals surface area contributed by atoms with Gasteiger partial charge in [0.25, 0.3) is 0 Å². The van der Waals surface area contributed by atoms with Crippen LogP contribution in [0.2, 0.25) is 0 Å². The number of carboxylic acid groups (broad SMARTS) is 1. The van der Waals surface area contributed by atoms with Gasteiger partial charge in [0.05, 0.1) is 21.4 Å². The molecule has 0 saturated carbocycles. The molecule has 5 nitrogen and oxygen atoms in total. The van der Waals surface area contributed by atoms with Gasteiger partial charge in [0.1, 0.15) is 0 Å². The Morgan fingerprint density at radius 3 is 2.30 bits per heavy atom. The number of rotatable bonds is 6. The van der Waals surface area contributed by atoms with Crippen LogP contribution in [-0.2, 0) is 10.0 Å². The molecule has 27 heavy (non-hydrogen) atoms. The highest BCUT2D eigenvalue weighted by atomic mass is 32.2. The van der Waals surface area contributed by atoms with Crippen molar-refractivity contribution < 1.29 is 18.3 Å². The zero-order valence-electron chi connectivity index (χ0n) is 14.8. The molecule has 0 fully saturated rings. The van der Waals surface area contributed by atoms with Gasteiger partial charge in [-0.2, -0.15) is 0 Å². The van der Waals surface area contributed by atoms with Crippen LogP contribution >= 0.6 is 11.3 Å². The van der Waals surface area contributed by atoms with Gasteiger partial charge in [-0.1, -0.05) is 36.4 Å². The molecule has 0 spiro atoms. The first kappa shape index (κ1) is 19.1. The van der Waals surface area contributed by atoms with E-state index in [1.54, 1.807) is 38.1 Å². The molecule has 0 saturated heterocycles. The van der Waals surface area contributed by atoms with Gasteiger partial charge in [-0.25, -0.2) is 13.2 Å². The number of benzene rings is 2. The largest absolute Gasteiger partial charge is 0.478 e. The van der Waals surface area contributed by atoms with E-state index in [9.17, 15) is 13.2 Å². The lowest BCUT2D eigenvalue weighted by Crippen LogP contribution is -2.22. The quantitative estimate of drug-likeness (QED) is 0.613. The predicted octanol–water partition coefficient (Wildman–Crippen LogP) is 4.93. The number of aromatic carboxylic acids is 1. The Bertz CT molecular complexity index is 1070. The number of carbonyl (C=O) groups is 1. The van der Waals surface area contributed by atoms with Crippen LogP contribution in [0.3, 0.4) is 0 Å². The van der Waals surface area contributed by atoms with E-state index < -0.39 is 21.2 Å². The summed E-state index contributed by atoms with van der Waals surface area (Å²) in [4.78, 5) is 12.0.